The lowest BCUT2D eigenvalue weighted by Gasteiger charge is -2.04. The lowest BCUT2D eigenvalue weighted by molar-refractivity contribution is 0.370. The Morgan fingerprint density at radius 3 is 1.76 bits per heavy atom. The van der Waals surface area contributed by atoms with Gasteiger partial charge in [-0.2, -0.15) is 0 Å². The van der Waals surface area contributed by atoms with Crippen LogP contribution in [0.1, 0.15) is 84.0 Å². The minimum absolute atomic E-state index is 0.517. The van der Waals surface area contributed by atoms with Gasteiger partial charge in [0.15, 0.2) is 5.75 Å². The first-order valence-corrected chi connectivity index (χ1v) is 13.1. The summed E-state index contributed by atoms with van der Waals surface area (Å²) in [6, 6.07) is 9.01. The van der Waals surface area contributed by atoms with Gasteiger partial charge in [0.1, 0.15) is 5.75 Å². The van der Waals surface area contributed by atoms with Crippen LogP contribution >= 0.6 is 6.72 Å². The number of rotatable bonds is 15. The molecule has 25 heavy (non-hydrogen) atoms. The molecule has 0 aliphatic heterocycles. The Morgan fingerprint density at radius 1 is 0.760 bits per heavy atom. The van der Waals surface area contributed by atoms with Gasteiger partial charge in [0.25, 0.3) is 10.9 Å². The Labute approximate surface area is 158 Å². The Bertz CT molecular complexity index is 473. The van der Waals surface area contributed by atoms with Crippen molar-refractivity contribution in [3.05, 3.63) is 30.3 Å². The highest BCUT2D eigenvalue weighted by atomic mass is 32.5. The second kappa shape index (κ2) is 14.7. The molecule has 0 spiro atoms. The van der Waals surface area contributed by atoms with Crippen molar-refractivity contribution in [3.63, 3.8) is 0 Å². The van der Waals surface area contributed by atoms with Crippen molar-refractivity contribution >= 4 is 17.7 Å². The van der Waals surface area contributed by atoms with Crippen LogP contribution in [0.5, 0.6) is 5.75 Å². The van der Waals surface area contributed by atoms with Gasteiger partial charge in [-0.25, -0.2) is 0 Å². The maximum absolute atomic E-state index is 9.95. The largest absolute Gasteiger partial charge is 0.572 e. The third-order valence-electron chi connectivity index (χ3n) is 4.22. The third kappa shape index (κ3) is 13.5. The molecular formula is C20H36O3PS+. The summed E-state index contributed by atoms with van der Waals surface area (Å²) >= 11 is 0. The molecule has 3 nitrogen and oxygen atoms in total. The molecule has 0 atom stereocenters. The van der Waals surface area contributed by atoms with Gasteiger partial charge in [-0.3, -0.25) is 9.79 Å². The normalized spacial score (nSPS) is 11.5. The fourth-order valence-corrected chi connectivity index (χ4v) is 5.31. The summed E-state index contributed by atoms with van der Waals surface area (Å²) in [5.41, 5.74) is 0. The molecule has 0 bridgehead atoms. The molecule has 0 amide bonds. The Morgan fingerprint density at radius 2 is 1.24 bits per heavy atom. The van der Waals surface area contributed by atoms with Crippen LogP contribution < -0.4 is 4.52 Å². The highest BCUT2D eigenvalue weighted by Crippen LogP contribution is 2.40. The van der Waals surface area contributed by atoms with Crippen molar-refractivity contribution < 1.29 is 14.3 Å². The summed E-state index contributed by atoms with van der Waals surface area (Å²) in [5.74, 6) is 1.26. The maximum Gasteiger partial charge on any atom is 0.572 e. The number of unbranched alkanes of at least 4 members (excludes halogenated alkanes) is 11. The molecule has 1 aromatic rings. The molecule has 0 radical (unpaired) electrons. The predicted octanol–water partition coefficient (Wildman–Crippen LogP) is 6.51. The smallest absolute Gasteiger partial charge is 0.392 e. The van der Waals surface area contributed by atoms with Crippen LogP contribution in [0.15, 0.2) is 30.3 Å². The van der Waals surface area contributed by atoms with Crippen molar-refractivity contribution in [2.45, 2.75) is 84.0 Å². The van der Waals surface area contributed by atoms with E-state index in [1.54, 1.807) is 12.1 Å². The van der Waals surface area contributed by atoms with Gasteiger partial charge in [-0.15, -0.1) is 0 Å². The Balaban J connectivity index is 1.97. The summed E-state index contributed by atoms with van der Waals surface area (Å²) in [6.45, 7) is -1.07. The van der Waals surface area contributed by atoms with Gasteiger partial charge < -0.3 is 4.52 Å². The maximum atomic E-state index is 9.95. The van der Waals surface area contributed by atoms with Crippen LogP contribution in [0, 0.1) is 0 Å². The van der Waals surface area contributed by atoms with E-state index in [2.05, 4.69) is 6.92 Å². The highest BCUT2D eigenvalue weighted by molar-refractivity contribution is 8.16. The van der Waals surface area contributed by atoms with Crippen LogP contribution in [0.2, 0.25) is 0 Å². The lowest BCUT2D eigenvalue weighted by atomic mass is 10.1. The van der Waals surface area contributed by atoms with E-state index < -0.39 is 6.72 Å². The monoisotopic (exact) mass is 387 g/mol. The second-order valence-electron chi connectivity index (χ2n) is 6.62. The number of para-hydroxylation sites is 1. The number of benzene rings is 1. The minimum Gasteiger partial charge on any atom is -0.392 e. The van der Waals surface area contributed by atoms with Crippen LogP contribution in [-0.2, 0) is 10.9 Å². The van der Waals surface area contributed by atoms with E-state index in [0.29, 0.717) is 5.75 Å². The van der Waals surface area contributed by atoms with Gasteiger partial charge in [-0.05, 0) is 18.6 Å². The molecule has 0 heterocycles. The van der Waals surface area contributed by atoms with E-state index >= 15 is 0 Å². The molecule has 0 aliphatic rings. The second-order valence-corrected chi connectivity index (χ2v) is 10.6. The topological polar surface area (TPSA) is 49.7 Å². The standard InChI is InChI=1S/C20H36O3PS/c1-2-3-4-5-6-7-8-9-10-11-12-16-19-25-24(21,22)23-20-17-14-13-15-18-20/h13-15,17-18,21-22H,2-12,16,19H2,1H3/q+1. The molecule has 1 aromatic carbocycles. The molecule has 2 N–H and O–H groups in total. The molecule has 144 valence electrons. The van der Waals surface area contributed by atoms with Gasteiger partial charge in [0.2, 0.25) is 0 Å². The Kier molecular flexibility index (Phi) is 13.3. The molecular weight excluding hydrogens is 351 g/mol. The Hall–Kier alpha value is -0.410. The minimum atomic E-state index is -3.33. The van der Waals surface area contributed by atoms with E-state index in [1.165, 1.54) is 64.2 Å². The van der Waals surface area contributed by atoms with E-state index in [0.717, 1.165) is 29.5 Å². The number of hydrogen-bond donors (Lipinski definition) is 2. The molecule has 5 heteroatoms. The molecule has 1 rings (SSSR count). The van der Waals surface area contributed by atoms with Gasteiger partial charge in [-0.1, -0.05) is 89.3 Å². The van der Waals surface area contributed by atoms with Crippen molar-refractivity contribution in [1.82, 2.24) is 0 Å². The van der Waals surface area contributed by atoms with Crippen LogP contribution in [-0.4, -0.2) is 15.5 Å². The van der Waals surface area contributed by atoms with E-state index in [-0.39, 0.29) is 0 Å². The quantitative estimate of drug-likeness (QED) is 0.205. The van der Waals surface area contributed by atoms with Crippen molar-refractivity contribution in [3.8, 4) is 5.75 Å². The zero-order valence-corrected chi connectivity index (χ0v) is 17.4. The zero-order valence-electron chi connectivity index (χ0n) is 15.7. The first-order chi connectivity index (χ1) is 12.1. The summed E-state index contributed by atoms with van der Waals surface area (Å²) in [4.78, 5) is 19.9. The van der Waals surface area contributed by atoms with Crippen molar-refractivity contribution in [1.29, 1.82) is 0 Å². The summed E-state index contributed by atoms with van der Waals surface area (Å²) < 4.78 is 5.29. The summed E-state index contributed by atoms with van der Waals surface area (Å²) in [5, 5.41) is 0. The van der Waals surface area contributed by atoms with E-state index in [9.17, 15) is 9.79 Å². The fourth-order valence-electron chi connectivity index (χ4n) is 2.77. The van der Waals surface area contributed by atoms with Gasteiger partial charge in [0.05, 0.1) is 0 Å². The first kappa shape index (κ1) is 22.6. The van der Waals surface area contributed by atoms with Gasteiger partial charge >= 0.3 is 6.72 Å². The zero-order chi connectivity index (χ0) is 18.2. The van der Waals surface area contributed by atoms with Crippen molar-refractivity contribution in [2.75, 3.05) is 5.75 Å². The van der Waals surface area contributed by atoms with Crippen LogP contribution in [0.4, 0.5) is 0 Å². The molecule has 0 unspecified atom stereocenters. The summed E-state index contributed by atoms with van der Waals surface area (Å²) in [7, 11) is 1.15. The van der Waals surface area contributed by atoms with Crippen LogP contribution in [0.25, 0.3) is 0 Å². The van der Waals surface area contributed by atoms with Crippen LogP contribution in [0.3, 0.4) is 0 Å². The molecule has 0 fully saturated rings. The molecule has 0 aromatic heterocycles. The van der Waals surface area contributed by atoms with E-state index in [1.807, 2.05) is 18.2 Å². The molecule has 0 saturated carbocycles. The average molecular weight is 388 g/mol. The predicted molar refractivity (Wildman–Crippen MR) is 112 cm³/mol. The third-order valence-corrected chi connectivity index (χ3v) is 7.26. The first-order valence-electron chi connectivity index (χ1n) is 9.88. The molecule has 0 aliphatic carbocycles. The summed E-state index contributed by atoms with van der Waals surface area (Å²) in [6.07, 6.45) is 15.8. The fraction of sp³-hybridized carbons (Fsp3) is 0.700. The number of hydrogen-bond acceptors (Lipinski definition) is 1. The van der Waals surface area contributed by atoms with E-state index in [4.69, 9.17) is 4.52 Å². The lowest BCUT2D eigenvalue weighted by Crippen LogP contribution is -1.94. The van der Waals surface area contributed by atoms with Crippen molar-refractivity contribution in [2.24, 2.45) is 0 Å². The van der Waals surface area contributed by atoms with Gasteiger partial charge in [0, 0.05) is 6.42 Å². The SMILES string of the molecule is CCCCCCCCCCCCCC[S+]=P(O)(O)Oc1ccccc1. The highest BCUT2D eigenvalue weighted by Gasteiger charge is 2.26. The molecule has 0 saturated heterocycles. The average Bonchev–Trinajstić information content (AvgIpc) is 2.59.